The molecule has 1 fully saturated rings. The predicted octanol–water partition coefficient (Wildman–Crippen LogP) is 0.0750. The third-order valence-electron chi connectivity index (χ3n) is 3.46. The van der Waals surface area contributed by atoms with Crippen molar-refractivity contribution in [2.24, 2.45) is 0 Å². The molecule has 0 bridgehead atoms. The summed E-state index contributed by atoms with van der Waals surface area (Å²) >= 11 is 0. The van der Waals surface area contributed by atoms with E-state index in [0.29, 0.717) is 12.1 Å². The van der Waals surface area contributed by atoms with Crippen molar-refractivity contribution < 1.29 is 15.0 Å². The highest BCUT2D eigenvalue weighted by molar-refractivity contribution is 5.94. The van der Waals surface area contributed by atoms with Crippen molar-refractivity contribution >= 4 is 5.91 Å². The van der Waals surface area contributed by atoms with Gasteiger partial charge >= 0.3 is 0 Å². The Morgan fingerprint density at radius 2 is 1.85 bits per heavy atom. The van der Waals surface area contributed by atoms with Gasteiger partial charge in [0.2, 0.25) is 0 Å². The molecule has 0 saturated carbocycles. The first-order valence-corrected chi connectivity index (χ1v) is 6.78. The number of aromatic hydroxyl groups is 2. The highest BCUT2D eigenvalue weighted by Crippen LogP contribution is 2.21. The zero-order chi connectivity index (χ0) is 14.5. The van der Waals surface area contributed by atoms with E-state index in [-0.39, 0.29) is 17.4 Å². The number of rotatable bonds is 4. The Balaban J connectivity index is 1.90. The van der Waals surface area contributed by atoms with E-state index in [1.807, 2.05) is 0 Å². The molecule has 110 valence electrons. The first-order valence-electron chi connectivity index (χ1n) is 6.78. The number of hydrogen-bond acceptors (Lipinski definition) is 5. The van der Waals surface area contributed by atoms with Crippen LogP contribution >= 0.6 is 0 Å². The van der Waals surface area contributed by atoms with Gasteiger partial charge in [-0.1, -0.05) is 0 Å². The molecule has 1 aromatic rings. The smallest absolute Gasteiger partial charge is 0.253 e. The summed E-state index contributed by atoms with van der Waals surface area (Å²) in [6.07, 6.45) is 0. The summed E-state index contributed by atoms with van der Waals surface area (Å²) in [5.41, 5.74) is 0.297. The molecule has 1 aliphatic rings. The second-order valence-electron chi connectivity index (χ2n) is 5.06. The molecule has 20 heavy (non-hydrogen) atoms. The minimum atomic E-state index is -0.202. The maximum absolute atomic E-state index is 12.2. The van der Waals surface area contributed by atoms with Gasteiger partial charge in [0.1, 0.15) is 11.5 Å². The molecule has 0 aromatic heterocycles. The Bertz CT molecular complexity index is 452. The van der Waals surface area contributed by atoms with Gasteiger partial charge in [-0.15, -0.1) is 0 Å². The van der Waals surface area contributed by atoms with Crippen LogP contribution in [0.4, 0.5) is 0 Å². The predicted molar refractivity (Wildman–Crippen MR) is 76.0 cm³/mol. The van der Waals surface area contributed by atoms with E-state index in [9.17, 15) is 15.0 Å². The largest absolute Gasteiger partial charge is 0.508 e. The molecule has 3 N–H and O–H groups in total. The van der Waals surface area contributed by atoms with Crippen LogP contribution in [0, 0.1) is 0 Å². The summed E-state index contributed by atoms with van der Waals surface area (Å²) < 4.78 is 0. The fourth-order valence-corrected chi connectivity index (χ4v) is 2.27. The average Bonchev–Trinajstić information content (AvgIpc) is 2.44. The van der Waals surface area contributed by atoms with Crippen molar-refractivity contribution in [3.05, 3.63) is 23.8 Å². The van der Waals surface area contributed by atoms with Crippen LogP contribution in [0.15, 0.2) is 18.2 Å². The molecule has 0 aliphatic carbocycles. The number of nitrogens with one attached hydrogen (secondary N) is 1. The van der Waals surface area contributed by atoms with Crippen molar-refractivity contribution in [3.63, 3.8) is 0 Å². The topological polar surface area (TPSA) is 76.0 Å². The van der Waals surface area contributed by atoms with E-state index >= 15 is 0 Å². The number of nitrogens with zero attached hydrogens (tertiary/aromatic N) is 2. The van der Waals surface area contributed by atoms with Crippen molar-refractivity contribution in [1.29, 1.82) is 0 Å². The normalized spacial score (nSPS) is 16.1. The lowest BCUT2D eigenvalue weighted by molar-refractivity contribution is 0.0774. The van der Waals surface area contributed by atoms with Gasteiger partial charge in [0.15, 0.2) is 0 Å². The Morgan fingerprint density at radius 3 is 2.45 bits per heavy atom. The first-order chi connectivity index (χ1) is 9.56. The van der Waals surface area contributed by atoms with Crippen LogP contribution < -0.4 is 5.32 Å². The van der Waals surface area contributed by atoms with Crippen LogP contribution in [0.25, 0.3) is 0 Å². The van der Waals surface area contributed by atoms with Crippen LogP contribution in [0.2, 0.25) is 0 Å². The summed E-state index contributed by atoms with van der Waals surface area (Å²) in [5, 5.41) is 22.1. The van der Waals surface area contributed by atoms with Crippen molar-refractivity contribution in [2.45, 2.75) is 0 Å². The number of likely N-dealkylation sites (N-methyl/N-ethyl adjacent to an activating group) is 1. The number of hydrogen-bond donors (Lipinski definition) is 3. The van der Waals surface area contributed by atoms with Gasteiger partial charge in [-0.2, -0.15) is 0 Å². The van der Waals surface area contributed by atoms with Crippen molar-refractivity contribution in [3.8, 4) is 11.5 Å². The average molecular weight is 279 g/mol. The zero-order valence-electron chi connectivity index (χ0n) is 11.7. The number of piperazine rings is 1. The van der Waals surface area contributed by atoms with Crippen LogP contribution in [-0.4, -0.2) is 72.2 Å². The van der Waals surface area contributed by atoms with E-state index in [1.165, 1.54) is 18.2 Å². The Kier molecular flexibility index (Phi) is 4.81. The summed E-state index contributed by atoms with van der Waals surface area (Å²) in [6.45, 7) is 5.41. The standard InChI is InChI=1S/C14H21N3O3/c1-16(6-7-17-4-2-15-3-5-17)14(20)11-8-12(18)10-13(19)9-11/h8-10,15,18-19H,2-7H2,1H3. The van der Waals surface area contributed by atoms with Gasteiger partial charge in [0.05, 0.1) is 0 Å². The molecule has 0 radical (unpaired) electrons. The Morgan fingerprint density at radius 1 is 1.25 bits per heavy atom. The molecule has 1 aliphatic heterocycles. The maximum atomic E-state index is 12.2. The van der Waals surface area contributed by atoms with Crippen LogP contribution in [0.1, 0.15) is 10.4 Å². The minimum absolute atomic E-state index is 0.108. The molecular formula is C14H21N3O3. The van der Waals surface area contributed by atoms with Gasteiger partial charge in [-0.3, -0.25) is 9.69 Å². The molecule has 6 nitrogen and oxygen atoms in total. The Hall–Kier alpha value is -1.79. The van der Waals surface area contributed by atoms with Crippen LogP contribution in [-0.2, 0) is 0 Å². The van der Waals surface area contributed by atoms with E-state index in [4.69, 9.17) is 0 Å². The fraction of sp³-hybridized carbons (Fsp3) is 0.500. The number of phenols is 2. The molecule has 2 rings (SSSR count). The van der Waals surface area contributed by atoms with Gasteiger partial charge in [0.25, 0.3) is 5.91 Å². The first kappa shape index (κ1) is 14.6. The molecule has 1 saturated heterocycles. The van der Waals surface area contributed by atoms with E-state index in [1.54, 1.807) is 11.9 Å². The lowest BCUT2D eigenvalue weighted by Gasteiger charge is -2.29. The summed E-state index contributed by atoms with van der Waals surface area (Å²) in [5.74, 6) is -0.418. The van der Waals surface area contributed by atoms with Gasteiger partial charge in [-0.25, -0.2) is 0 Å². The number of carbonyl (C=O) groups excluding carboxylic acids is 1. The maximum Gasteiger partial charge on any atom is 0.253 e. The monoisotopic (exact) mass is 279 g/mol. The number of amides is 1. The Labute approximate surface area is 118 Å². The van der Waals surface area contributed by atoms with E-state index in [2.05, 4.69) is 10.2 Å². The molecule has 0 unspecified atom stereocenters. The lowest BCUT2D eigenvalue weighted by Crippen LogP contribution is -2.46. The quantitative estimate of drug-likeness (QED) is 0.727. The second-order valence-corrected chi connectivity index (χ2v) is 5.06. The van der Waals surface area contributed by atoms with Gasteiger partial charge < -0.3 is 20.4 Å². The third-order valence-corrected chi connectivity index (χ3v) is 3.46. The lowest BCUT2D eigenvalue weighted by atomic mass is 10.1. The SMILES string of the molecule is CN(CCN1CCNCC1)C(=O)c1cc(O)cc(O)c1. The van der Waals surface area contributed by atoms with E-state index < -0.39 is 0 Å². The summed E-state index contributed by atoms with van der Waals surface area (Å²) in [6, 6.07) is 3.93. The van der Waals surface area contributed by atoms with Crippen LogP contribution in [0.5, 0.6) is 11.5 Å². The highest BCUT2D eigenvalue weighted by Gasteiger charge is 2.15. The molecular weight excluding hydrogens is 258 g/mol. The number of benzene rings is 1. The number of phenolic OH excluding ortho intramolecular Hbond substituents is 2. The molecule has 1 aromatic carbocycles. The molecule has 0 atom stereocenters. The van der Waals surface area contributed by atoms with Gasteiger partial charge in [-0.05, 0) is 12.1 Å². The van der Waals surface area contributed by atoms with Gasteiger partial charge in [0, 0.05) is 57.9 Å². The van der Waals surface area contributed by atoms with E-state index in [0.717, 1.165) is 32.7 Å². The fourth-order valence-electron chi connectivity index (χ4n) is 2.27. The summed E-state index contributed by atoms with van der Waals surface area (Å²) in [4.78, 5) is 16.1. The number of carbonyl (C=O) groups is 1. The highest BCUT2D eigenvalue weighted by atomic mass is 16.3. The third kappa shape index (κ3) is 3.85. The van der Waals surface area contributed by atoms with Crippen LogP contribution in [0.3, 0.4) is 0 Å². The molecule has 6 heteroatoms. The molecule has 1 heterocycles. The van der Waals surface area contributed by atoms with Crippen molar-refractivity contribution in [1.82, 2.24) is 15.1 Å². The zero-order valence-corrected chi connectivity index (χ0v) is 11.7. The molecule has 1 amide bonds. The summed E-state index contributed by atoms with van der Waals surface area (Å²) in [7, 11) is 1.73. The minimum Gasteiger partial charge on any atom is -0.508 e. The van der Waals surface area contributed by atoms with Crippen molar-refractivity contribution in [2.75, 3.05) is 46.3 Å². The second kappa shape index (κ2) is 6.58. The molecule has 0 spiro atoms.